The third-order valence-electron chi connectivity index (χ3n) is 0.218. The zero-order valence-electron chi connectivity index (χ0n) is 4.65. The van der Waals surface area contributed by atoms with E-state index in [1.165, 1.54) is 0 Å². The van der Waals surface area contributed by atoms with Crippen molar-refractivity contribution in [3.05, 3.63) is 0 Å². The molecule has 0 aliphatic carbocycles. The van der Waals surface area contributed by atoms with Gasteiger partial charge in [0.05, 0.1) is 0 Å². The van der Waals surface area contributed by atoms with Crippen molar-refractivity contribution in [2.24, 2.45) is 0 Å². The first-order valence-electron chi connectivity index (χ1n) is 1.98. The van der Waals surface area contributed by atoms with Gasteiger partial charge in [-0.3, -0.25) is 17.7 Å². The van der Waals surface area contributed by atoms with Crippen molar-refractivity contribution in [1.29, 1.82) is 0 Å². The number of halogens is 4. The van der Waals surface area contributed by atoms with Crippen LogP contribution in [0.1, 0.15) is 0 Å². The lowest BCUT2D eigenvalue weighted by Gasteiger charge is -1.80. The fourth-order valence-corrected chi connectivity index (χ4v) is 0.0572. The molecule has 0 heterocycles. The second kappa shape index (κ2) is 8.21. The van der Waals surface area contributed by atoms with Crippen LogP contribution in [-0.2, 0) is 4.79 Å². The maximum absolute atomic E-state index is 10.6. The molecule has 0 rings (SSSR count). The number of carboxylic acid groups (broad SMARTS) is 1. The van der Waals surface area contributed by atoms with Gasteiger partial charge in [-0.1, -0.05) is 0 Å². The molecule has 60 valence electrons. The largest absolute Gasteiger partial charge is 0.762 e. The van der Waals surface area contributed by atoms with E-state index in [-0.39, 0.29) is 0 Å². The lowest BCUT2D eigenvalue weighted by atomic mass is 10.5. The van der Waals surface area contributed by atoms with Crippen LogP contribution in [-0.4, -0.2) is 25.2 Å². The van der Waals surface area contributed by atoms with Crippen molar-refractivity contribution in [3.63, 3.8) is 0 Å². The van der Waals surface area contributed by atoms with Gasteiger partial charge >= 0.3 is 13.5 Å². The quantitative estimate of drug-likeness (QED) is 0.350. The maximum Gasteiger partial charge on any atom is 0.762 e. The number of hydrogen-bond donors (Lipinski definition) is 2. The van der Waals surface area contributed by atoms with E-state index in [2.05, 4.69) is 0 Å². The number of hydrogen-bond acceptors (Lipinski definition) is 2. The molecule has 0 spiro atoms. The van der Waals surface area contributed by atoms with Crippen molar-refractivity contribution in [2.45, 2.75) is 0 Å². The molecule has 0 aromatic rings. The van der Waals surface area contributed by atoms with Gasteiger partial charge in [-0.05, 0) is 0 Å². The monoisotopic (exact) mass is 161 g/mol. The molecule has 3 nitrogen and oxygen atoms in total. The van der Waals surface area contributed by atoms with E-state index in [0.29, 0.717) is 0 Å². The first-order valence-corrected chi connectivity index (χ1v) is 1.98. The van der Waals surface area contributed by atoms with Crippen molar-refractivity contribution in [3.8, 4) is 0 Å². The highest BCUT2D eigenvalue weighted by atomic mass is 19.4. The molecule has 0 fully saturated rings. The molecule has 0 saturated heterocycles. The molecular weight excluding hydrogens is 157 g/mol. The van der Waals surface area contributed by atoms with E-state index in [1.807, 2.05) is 0 Å². The Kier molecular flexibility index (Phi) is 9.81. The lowest BCUT2D eigenvalue weighted by Crippen LogP contribution is -2.13. The molecule has 0 radical (unpaired) electrons. The molecule has 10 heavy (non-hydrogen) atoms. The topological polar surface area (TPSA) is 49.3 Å². The summed E-state index contributed by atoms with van der Waals surface area (Å²) in [5, 5.41) is 7.61. The zero-order valence-corrected chi connectivity index (χ0v) is 4.65. The molecule has 0 atom stereocenters. The standard InChI is InChI=1S/C2H4FNO2.BF3/c3-4-1-2(5)6;2-1(3)4/h4H,1H2,(H,5,6);. The van der Waals surface area contributed by atoms with Gasteiger partial charge in [0.15, 0.2) is 0 Å². The zero-order chi connectivity index (χ0) is 8.57. The van der Waals surface area contributed by atoms with E-state index >= 15 is 0 Å². The Balaban J connectivity index is 0. The van der Waals surface area contributed by atoms with Gasteiger partial charge in [0.1, 0.15) is 6.54 Å². The highest BCUT2D eigenvalue weighted by molar-refractivity contribution is 6.33. The van der Waals surface area contributed by atoms with Gasteiger partial charge in [-0.25, -0.2) is 0 Å². The number of carboxylic acids is 1. The SMILES string of the molecule is FB(F)F.O=C(O)CNF. The minimum Gasteiger partial charge on any atom is -0.480 e. The van der Waals surface area contributed by atoms with Crippen molar-refractivity contribution >= 4 is 13.5 Å². The van der Waals surface area contributed by atoms with Crippen LogP contribution >= 0.6 is 0 Å². The fraction of sp³-hybridized carbons (Fsp3) is 0.500. The first-order chi connectivity index (χ1) is 4.50. The van der Waals surface area contributed by atoms with E-state index in [9.17, 15) is 22.2 Å². The number of nitrogens with one attached hydrogen (secondary N) is 1. The number of rotatable bonds is 2. The van der Waals surface area contributed by atoms with Crippen molar-refractivity contribution in [2.75, 3.05) is 6.54 Å². The van der Waals surface area contributed by atoms with Crippen LogP contribution in [0.25, 0.3) is 0 Å². The van der Waals surface area contributed by atoms with Crippen molar-refractivity contribution in [1.82, 2.24) is 5.54 Å². The van der Waals surface area contributed by atoms with Crippen LogP contribution in [0, 0.1) is 0 Å². The smallest absolute Gasteiger partial charge is 0.480 e. The van der Waals surface area contributed by atoms with Crippen LogP contribution in [0.5, 0.6) is 0 Å². The van der Waals surface area contributed by atoms with Gasteiger partial charge in [-0.15, -0.1) is 10.0 Å². The Morgan fingerprint density at radius 3 is 1.80 bits per heavy atom. The molecule has 0 aliphatic rings. The summed E-state index contributed by atoms with van der Waals surface area (Å²) in [6.45, 7) is -0.625. The van der Waals surface area contributed by atoms with E-state index in [4.69, 9.17) is 5.11 Å². The second-order valence-corrected chi connectivity index (χ2v) is 0.952. The summed E-state index contributed by atoms with van der Waals surface area (Å²) in [6, 6.07) is 0. The van der Waals surface area contributed by atoms with Crippen LogP contribution in [0.3, 0.4) is 0 Å². The predicted molar refractivity (Wildman–Crippen MR) is 25.8 cm³/mol. The van der Waals surface area contributed by atoms with E-state index in [0.717, 1.165) is 5.54 Å². The fourth-order valence-electron chi connectivity index (χ4n) is 0.0572. The highest BCUT2D eigenvalue weighted by Crippen LogP contribution is 1.80. The third-order valence-corrected chi connectivity index (χ3v) is 0.218. The summed E-state index contributed by atoms with van der Waals surface area (Å²) in [5.41, 5.74) is 0.968. The Morgan fingerprint density at radius 2 is 1.80 bits per heavy atom. The molecule has 0 unspecified atom stereocenters. The van der Waals surface area contributed by atoms with Gasteiger partial charge in [0.2, 0.25) is 0 Å². The van der Waals surface area contributed by atoms with Crippen molar-refractivity contribution < 1.29 is 27.3 Å². The molecule has 0 aromatic heterocycles. The average Bonchev–Trinajstić information content (AvgIpc) is 1.62. The van der Waals surface area contributed by atoms with Crippen LogP contribution in [0.15, 0.2) is 0 Å². The normalized spacial score (nSPS) is 7.60. The van der Waals surface area contributed by atoms with Gasteiger partial charge < -0.3 is 5.11 Å². The van der Waals surface area contributed by atoms with Gasteiger partial charge in [0.25, 0.3) is 0 Å². The third kappa shape index (κ3) is 56.8. The summed E-state index contributed by atoms with van der Waals surface area (Å²) in [4.78, 5) is 9.30. The van der Waals surface area contributed by atoms with Crippen LogP contribution in [0.4, 0.5) is 17.4 Å². The van der Waals surface area contributed by atoms with Gasteiger partial charge in [0, 0.05) is 0 Å². The molecule has 2 N–H and O–H groups in total. The molecule has 0 aromatic carbocycles. The Bertz CT molecular complexity index is 88.6. The minimum absolute atomic E-state index is 0.625. The second-order valence-electron chi connectivity index (χ2n) is 0.952. The van der Waals surface area contributed by atoms with Crippen LogP contribution < -0.4 is 5.54 Å². The average molecular weight is 161 g/mol. The Labute approximate surface area is 54.2 Å². The van der Waals surface area contributed by atoms with E-state index < -0.39 is 20.1 Å². The molecular formula is C2H4BF4NO2. The van der Waals surface area contributed by atoms with Crippen LogP contribution in [0.2, 0.25) is 0 Å². The summed E-state index contributed by atoms with van der Waals surface area (Å²) in [5.74, 6) is -1.20. The minimum atomic E-state index is -3.67. The number of carbonyl (C=O) groups is 1. The summed E-state index contributed by atoms with van der Waals surface area (Å²) < 4.78 is 39.6. The summed E-state index contributed by atoms with van der Waals surface area (Å²) >= 11 is 0. The molecule has 0 saturated carbocycles. The lowest BCUT2D eigenvalue weighted by molar-refractivity contribution is -0.136. The maximum atomic E-state index is 10.6. The summed E-state index contributed by atoms with van der Waals surface area (Å²) in [6.07, 6.45) is 0. The first kappa shape index (κ1) is 11.9. The molecule has 0 amide bonds. The molecule has 0 aliphatic heterocycles. The van der Waals surface area contributed by atoms with E-state index in [1.54, 1.807) is 0 Å². The predicted octanol–water partition coefficient (Wildman–Crippen LogP) is 0.425. The summed E-state index contributed by atoms with van der Waals surface area (Å²) in [7, 11) is -3.67. The van der Waals surface area contributed by atoms with Gasteiger partial charge in [-0.2, -0.15) is 0 Å². The highest BCUT2D eigenvalue weighted by Gasteiger charge is 2.06. The Hall–Kier alpha value is -0.785. The Morgan fingerprint density at radius 1 is 1.50 bits per heavy atom. The molecule has 8 heteroatoms. The number of aliphatic carboxylic acids is 1. The molecule has 0 bridgehead atoms.